The molecule has 0 aliphatic carbocycles. The second kappa shape index (κ2) is 9.11. The molecule has 0 radical (unpaired) electrons. The molecular weight excluding hydrogens is 410 g/mol. The van der Waals surface area contributed by atoms with Crippen LogP contribution in [0.1, 0.15) is 35.8 Å². The van der Waals surface area contributed by atoms with Gasteiger partial charge in [-0.2, -0.15) is 0 Å². The van der Waals surface area contributed by atoms with Crippen molar-refractivity contribution in [3.05, 3.63) is 64.7 Å². The minimum Gasteiger partial charge on any atom is -0.368 e. The summed E-state index contributed by atoms with van der Waals surface area (Å²) in [6.45, 7) is 3.19. The fourth-order valence-electron chi connectivity index (χ4n) is 2.69. The van der Waals surface area contributed by atoms with Gasteiger partial charge in [0.2, 0.25) is 11.9 Å². The summed E-state index contributed by atoms with van der Waals surface area (Å²) in [5.41, 5.74) is 7.97. The van der Waals surface area contributed by atoms with E-state index < -0.39 is 6.04 Å². The topological polar surface area (TPSA) is 103 Å². The third-order valence-corrected chi connectivity index (χ3v) is 5.67. The van der Waals surface area contributed by atoms with Gasteiger partial charge in [0, 0.05) is 22.0 Å². The number of ketones is 1. The van der Waals surface area contributed by atoms with Crippen LogP contribution >= 0.6 is 23.4 Å². The van der Waals surface area contributed by atoms with E-state index in [0.29, 0.717) is 27.2 Å². The number of benzene rings is 2. The smallest absolute Gasteiger partial charge is 0.247 e. The zero-order valence-electron chi connectivity index (χ0n) is 15.9. The first kappa shape index (κ1) is 20.9. The number of carbonyl (C=O) groups is 2. The van der Waals surface area contributed by atoms with E-state index >= 15 is 0 Å². The van der Waals surface area contributed by atoms with Gasteiger partial charge in [-0.05, 0) is 37.6 Å². The van der Waals surface area contributed by atoms with Gasteiger partial charge in [0.1, 0.15) is 6.04 Å². The summed E-state index contributed by atoms with van der Waals surface area (Å²) < 4.78 is 1.58. The molecule has 0 aliphatic heterocycles. The number of aromatic nitrogens is 3. The number of hydrogen-bond donors (Lipinski definition) is 2. The van der Waals surface area contributed by atoms with Crippen molar-refractivity contribution in [3.8, 4) is 0 Å². The Bertz CT molecular complexity index is 1050. The van der Waals surface area contributed by atoms with Crippen LogP contribution in [0.5, 0.6) is 0 Å². The van der Waals surface area contributed by atoms with Crippen LogP contribution in [-0.4, -0.2) is 26.5 Å². The number of Topliss-reactive ketones (excluding diaryl/α,β-unsaturated/α-hetero) is 1. The standard InChI is InChI=1S/C20H20ClN5O2S/c1-12(18(28)23-16-8-5-7-14(10-16)13(2)27)26-19(22)24-25-20(26)29-11-15-6-3-4-9-17(15)21/h3-10,12H,11H2,1-2H3,(H2,22,24)(H,23,28). The first-order valence-electron chi connectivity index (χ1n) is 8.85. The van der Waals surface area contributed by atoms with Gasteiger partial charge >= 0.3 is 0 Å². The van der Waals surface area contributed by atoms with Crippen molar-refractivity contribution < 1.29 is 9.59 Å². The monoisotopic (exact) mass is 429 g/mol. The Morgan fingerprint density at radius 1 is 1.21 bits per heavy atom. The molecule has 0 saturated heterocycles. The lowest BCUT2D eigenvalue weighted by atomic mass is 10.1. The Hall–Kier alpha value is -2.84. The molecule has 9 heteroatoms. The molecule has 3 N–H and O–H groups in total. The van der Waals surface area contributed by atoms with Gasteiger partial charge < -0.3 is 11.1 Å². The van der Waals surface area contributed by atoms with Crippen molar-refractivity contribution in [3.63, 3.8) is 0 Å². The van der Waals surface area contributed by atoms with Crippen molar-refractivity contribution in [2.45, 2.75) is 30.8 Å². The third-order valence-electron chi connectivity index (χ3n) is 4.31. The molecule has 0 fully saturated rings. The Kier molecular flexibility index (Phi) is 6.56. The van der Waals surface area contributed by atoms with Gasteiger partial charge in [0.15, 0.2) is 10.9 Å². The van der Waals surface area contributed by atoms with Gasteiger partial charge in [-0.15, -0.1) is 10.2 Å². The summed E-state index contributed by atoms with van der Waals surface area (Å²) in [5, 5.41) is 12.0. The molecular formula is C20H20ClN5O2S. The van der Waals surface area contributed by atoms with E-state index in [9.17, 15) is 9.59 Å². The van der Waals surface area contributed by atoms with Crippen molar-refractivity contribution in [1.29, 1.82) is 0 Å². The van der Waals surface area contributed by atoms with Crippen LogP contribution < -0.4 is 11.1 Å². The Balaban J connectivity index is 1.75. The molecule has 0 bridgehead atoms. The summed E-state index contributed by atoms with van der Waals surface area (Å²) >= 11 is 7.60. The Morgan fingerprint density at radius 3 is 2.69 bits per heavy atom. The molecule has 2 aromatic carbocycles. The average molecular weight is 430 g/mol. The zero-order chi connectivity index (χ0) is 21.0. The summed E-state index contributed by atoms with van der Waals surface area (Å²) in [6, 6.07) is 13.6. The Morgan fingerprint density at radius 2 is 1.97 bits per heavy atom. The number of thioether (sulfide) groups is 1. The molecule has 0 aliphatic rings. The first-order valence-corrected chi connectivity index (χ1v) is 10.2. The second-order valence-corrected chi connectivity index (χ2v) is 7.74. The molecule has 7 nitrogen and oxygen atoms in total. The van der Waals surface area contributed by atoms with Crippen molar-refractivity contribution in [1.82, 2.24) is 14.8 Å². The number of anilines is 2. The highest BCUT2D eigenvalue weighted by molar-refractivity contribution is 7.98. The average Bonchev–Trinajstić information content (AvgIpc) is 3.07. The molecule has 3 aromatic rings. The number of nitrogens with two attached hydrogens (primary N) is 1. The largest absolute Gasteiger partial charge is 0.368 e. The fraction of sp³-hybridized carbons (Fsp3) is 0.200. The molecule has 0 spiro atoms. The number of hydrogen-bond acceptors (Lipinski definition) is 6. The lowest BCUT2D eigenvalue weighted by Crippen LogP contribution is -2.25. The van der Waals surface area contributed by atoms with Crippen molar-refractivity contribution >= 4 is 46.7 Å². The van der Waals surface area contributed by atoms with Crippen LogP contribution in [0.3, 0.4) is 0 Å². The predicted octanol–water partition coefficient (Wildman–Crippen LogP) is 4.21. The molecule has 29 heavy (non-hydrogen) atoms. The molecule has 3 rings (SSSR count). The quantitative estimate of drug-likeness (QED) is 0.430. The van der Waals surface area contributed by atoms with Crippen molar-refractivity contribution in [2.24, 2.45) is 0 Å². The molecule has 1 amide bonds. The lowest BCUT2D eigenvalue weighted by molar-refractivity contribution is -0.118. The SMILES string of the molecule is CC(=O)c1cccc(NC(=O)C(C)n2c(N)nnc2SCc2ccccc2Cl)c1. The maximum Gasteiger partial charge on any atom is 0.247 e. The number of rotatable bonds is 7. The molecule has 1 aromatic heterocycles. The van der Waals surface area contributed by atoms with E-state index in [1.165, 1.54) is 18.7 Å². The maximum atomic E-state index is 12.8. The molecule has 1 unspecified atom stereocenters. The minimum atomic E-state index is -0.653. The van der Waals surface area contributed by atoms with Crippen LogP contribution in [0, 0.1) is 0 Å². The van der Waals surface area contributed by atoms with Gasteiger partial charge in [0.05, 0.1) is 0 Å². The van der Waals surface area contributed by atoms with Crippen LogP contribution in [0.15, 0.2) is 53.7 Å². The summed E-state index contributed by atoms with van der Waals surface area (Å²) in [5.74, 6) is 0.339. The van der Waals surface area contributed by atoms with Gasteiger partial charge in [-0.25, -0.2) is 0 Å². The predicted molar refractivity (Wildman–Crippen MR) is 115 cm³/mol. The van der Waals surface area contributed by atoms with Gasteiger partial charge in [-0.1, -0.05) is 53.7 Å². The van der Waals surface area contributed by atoms with Gasteiger partial charge in [0.25, 0.3) is 0 Å². The highest BCUT2D eigenvalue weighted by Crippen LogP contribution is 2.29. The van der Waals surface area contributed by atoms with Gasteiger partial charge in [-0.3, -0.25) is 14.2 Å². The van der Waals surface area contributed by atoms with E-state index in [4.69, 9.17) is 17.3 Å². The molecule has 1 atom stereocenters. The molecule has 150 valence electrons. The van der Waals surface area contributed by atoms with Crippen LogP contribution in [0.4, 0.5) is 11.6 Å². The number of amides is 1. The van der Waals surface area contributed by atoms with Crippen molar-refractivity contribution in [2.75, 3.05) is 11.1 Å². The van der Waals surface area contributed by atoms with Crippen LogP contribution in [-0.2, 0) is 10.5 Å². The van der Waals surface area contributed by atoms with E-state index in [-0.39, 0.29) is 17.6 Å². The van der Waals surface area contributed by atoms with E-state index in [1.807, 2.05) is 24.3 Å². The highest BCUT2D eigenvalue weighted by atomic mass is 35.5. The number of halogens is 1. The number of nitrogens with zero attached hydrogens (tertiary/aromatic N) is 3. The normalized spacial score (nSPS) is 11.8. The third kappa shape index (κ3) is 4.96. The maximum absolute atomic E-state index is 12.8. The summed E-state index contributed by atoms with van der Waals surface area (Å²) in [4.78, 5) is 24.3. The molecule has 1 heterocycles. The number of carbonyl (C=O) groups excluding carboxylic acids is 2. The first-order chi connectivity index (χ1) is 13.9. The fourth-order valence-corrected chi connectivity index (χ4v) is 4.00. The summed E-state index contributed by atoms with van der Waals surface area (Å²) in [7, 11) is 0. The highest BCUT2D eigenvalue weighted by Gasteiger charge is 2.22. The number of nitrogen functional groups attached to an aromatic ring is 1. The van der Waals surface area contributed by atoms with Crippen LogP contribution in [0.25, 0.3) is 0 Å². The zero-order valence-corrected chi connectivity index (χ0v) is 17.5. The van der Waals surface area contributed by atoms with E-state index in [1.54, 1.807) is 35.8 Å². The van der Waals surface area contributed by atoms with Crippen LogP contribution in [0.2, 0.25) is 5.02 Å². The minimum absolute atomic E-state index is 0.0736. The Labute approximate surface area is 177 Å². The lowest BCUT2D eigenvalue weighted by Gasteiger charge is -2.17. The summed E-state index contributed by atoms with van der Waals surface area (Å²) in [6.07, 6.45) is 0. The number of nitrogens with one attached hydrogen (secondary N) is 1. The second-order valence-electron chi connectivity index (χ2n) is 6.39. The van der Waals surface area contributed by atoms with E-state index in [0.717, 1.165) is 5.56 Å². The van der Waals surface area contributed by atoms with E-state index in [2.05, 4.69) is 15.5 Å². The molecule has 0 saturated carbocycles.